The Kier molecular flexibility index (Phi) is 5.18. The third-order valence-electron chi connectivity index (χ3n) is 3.05. The van der Waals surface area contributed by atoms with Crippen molar-refractivity contribution in [3.05, 3.63) is 65.7 Å². The molecule has 0 spiro atoms. The molecule has 0 aliphatic rings. The molecule has 3 heteroatoms. The van der Waals surface area contributed by atoms with Gasteiger partial charge in [-0.15, -0.1) is 0 Å². The minimum absolute atomic E-state index is 0.256. The van der Waals surface area contributed by atoms with Crippen LogP contribution in [0.4, 0.5) is 0 Å². The van der Waals surface area contributed by atoms with Crippen molar-refractivity contribution < 1.29 is 14.6 Å². The van der Waals surface area contributed by atoms with Gasteiger partial charge in [0.05, 0.1) is 12.2 Å². The lowest BCUT2D eigenvalue weighted by Crippen LogP contribution is -2.00. The number of carboxylic acids is 1. The van der Waals surface area contributed by atoms with Crippen molar-refractivity contribution in [1.82, 2.24) is 0 Å². The first kappa shape index (κ1) is 14.1. The van der Waals surface area contributed by atoms with E-state index in [1.165, 1.54) is 5.56 Å². The Balaban J connectivity index is 1.71. The number of hydrogen-bond donors (Lipinski definition) is 1. The second kappa shape index (κ2) is 7.34. The van der Waals surface area contributed by atoms with E-state index >= 15 is 0 Å². The predicted octanol–water partition coefficient (Wildman–Crippen LogP) is 3.79. The van der Waals surface area contributed by atoms with Gasteiger partial charge in [-0.25, -0.2) is 4.79 Å². The van der Waals surface area contributed by atoms with Crippen molar-refractivity contribution in [2.75, 3.05) is 6.61 Å². The van der Waals surface area contributed by atoms with E-state index in [4.69, 9.17) is 9.84 Å². The highest BCUT2D eigenvalue weighted by Crippen LogP contribution is 2.14. The van der Waals surface area contributed by atoms with Gasteiger partial charge in [-0.2, -0.15) is 0 Å². The summed E-state index contributed by atoms with van der Waals surface area (Å²) in [5.41, 5.74) is 1.59. The van der Waals surface area contributed by atoms with Crippen LogP contribution in [-0.4, -0.2) is 17.7 Å². The molecule has 20 heavy (non-hydrogen) atoms. The second-order valence-corrected chi connectivity index (χ2v) is 4.62. The maximum atomic E-state index is 10.8. The molecule has 1 N–H and O–H groups in total. The molecule has 2 rings (SSSR count). The summed E-state index contributed by atoms with van der Waals surface area (Å²) in [6.45, 7) is 0.607. The van der Waals surface area contributed by atoms with Crippen molar-refractivity contribution in [3.8, 4) is 5.75 Å². The fraction of sp³-hybridized carbons (Fsp3) is 0.235. The number of unbranched alkanes of at least 4 members (excludes halogenated alkanes) is 1. The van der Waals surface area contributed by atoms with Gasteiger partial charge in [0.2, 0.25) is 0 Å². The van der Waals surface area contributed by atoms with E-state index in [2.05, 4.69) is 12.1 Å². The maximum absolute atomic E-state index is 10.8. The number of carbonyl (C=O) groups is 1. The summed E-state index contributed by atoms with van der Waals surface area (Å²) < 4.78 is 5.57. The van der Waals surface area contributed by atoms with E-state index in [1.54, 1.807) is 24.3 Å². The van der Waals surface area contributed by atoms with E-state index in [0.29, 0.717) is 12.4 Å². The number of benzene rings is 2. The zero-order valence-electron chi connectivity index (χ0n) is 11.3. The summed E-state index contributed by atoms with van der Waals surface area (Å²) in [7, 11) is 0. The van der Waals surface area contributed by atoms with Gasteiger partial charge >= 0.3 is 5.97 Å². The van der Waals surface area contributed by atoms with Crippen LogP contribution in [0.3, 0.4) is 0 Å². The van der Waals surface area contributed by atoms with E-state index in [9.17, 15) is 4.79 Å². The molecule has 2 aromatic carbocycles. The van der Waals surface area contributed by atoms with Gasteiger partial charge in [0, 0.05) is 0 Å². The Bertz CT molecular complexity index is 549. The highest BCUT2D eigenvalue weighted by atomic mass is 16.5. The highest BCUT2D eigenvalue weighted by Gasteiger charge is 2.03. The molecule has 3 nitrogen and oxygen atoms in total. The van der Waals surface area contributed by atoms with Crippen LogP contribution in [0.1, 0.15) is 28.8 Å². The van der Waals surface area contributed by atoms with Crippen LogP contribution in [0, 0.1) is 0 Å². The molecular weight excluding hydrogens is 252 g/mol. The molecule has 0 amide bonds. The Hall–Kier alpha value is -2.29. The van der Waals surface area contributed by atoms with Crippen molar-refractivity contribution in [2.45, 2.75) is 19.3 Å². The molecule has 0 atom stereocenters. The third-order valence-corrected chi connectivity index (χ3v) is 3.05. The molecule has 0 saturated heterocycles. The van der Waals surface area contributed by atoms with Crippen LogP contribution in [0.25, 0.3) is 0 Å². The molecule has 0 saturated carbocycles. The van der Waals surface area contributed by atoms with Gasteiger partial charge in [-0.3, -0.25) is 0 Å². The average molecular weight is 270 g/mol. The van der Waals surface area contributed by atoms with Crippen LogP contribution >= 0.6 is 0 Å². The van der Waals surface area contributed by atoms with E-state index in [0.717, 1.165) is 19.3 Å². The Morgan fingerprint density at radius 3 is 2.55 bits per heavy atom. The van der Waals surface area contributed by atoms with Crippen LogP contribution in [0.15, 0.2) is 54.6 Å². The van der Waals surface area contributed by atoms with Crippen molar-refractivity contribution in [3.63, 3.8) is 0 Å². The molecular formula is C17H18O3. The molecule has 0 fully saturated rings. The van der Waals surface area contributed by atoms with Crippen LogP contribution in [0.5, 0.6) is 5.75 Å². The number of carboxylic acid groups (broad SMARTS) is 1. The Morgan fingerprint density at radius 2 is 1.80 bits per heavy atom. The fourth-order valence-electron chi connectivity index (χ4n) is 1.98. The first-order chi connectivity index (χ1) is 9.75. The summed E-state index contributed by atoms with van der Waals surface area (Å²) in [5.74, 6) is -0.316. The van der Waals surface area contributed by atoms with Gasteiger partial charge < -0.3 is 9.84 Å². The molecule has 0 bridgehead atoms. The summed E-state index contributed by atoms with van der Waals surface area (Å²) in [5, 5.41) is 8.89. The van der Waals surface area contributed by atoms with Crippen molar-refractivity contribution in [1.29, 1.82) is 0 Å². The number of aromatic carboxylic acids is 1. The first-order valence-electron chi connectivity index (χ1n) is 6.76. The molecule has 0 radical (unpaired) electrons. The van der Waals surface area contributed by atoms with Gasteiger partial charge in [0.1, 0.15) is 5.75 Å². The molecule has 0 aliphatic carbocycles. The van der Waals surface area contributed by atoms with E-state index in [1.807, 2.05) is 18.2 Å². The minimum atomic E-state index is -0.931. The minimum Gasteiger partial charge on any atom is -0.494 e. The lowest BCUT2D eigenvalue weighted by molar-refractivity contribution is 0.0696. The SMILES string of the molecule is O=C(O)c1cccc(OCCCCc2ccccc2)c1. The Labute approximate surface area is 118 Å². The molecule has 0 aromatic heterocycles. The summed E-state index contributed by atoms with van der Waals surface area (Å²) in [4.78, 5) is 10.8. The van der Waals surface area contributed by atoms with Gasteiger partial charge in [0.15, 0.2) is 0 Å². The molecule has 0 aliphatic heterocycles. The average Bonchev–Trinajstić information content (AvgIpc) is 2.48. The van der Waals surface area contributed by atoms with E-state index < -0.39 is 5.97 Å². The summed E-state index contributed by atoms with van der Waals surface area (Å²) in [6, 6.07) is 16.9. The zero-order chi connectivity index (χ0) is 14.2. The van der Waals surface area contributed by atoms with Crippen LogP contribution in [0.2, 0.25) is 0 Å². The number of aryl methyl sites for hydroxylation is 1. The largest absolute Gasteiger partial charge is 0.494 e. The monoisotopic (exact) mass is 270 g/mol. The number of rotatable bonds is 7. The lowest BCUT2D eigenvalue weighted by Gasteiger charge is -2.07. The predicted molar refractivity (Wildman–Crippen MR) is 78.3 cm³/mol. The molecule has 104 valence electrons. The molecule has 0 unspecified atom stereocenters. The topological polar surface area (TPSA) is 46.5 Å². The summed E-state index contributed by atoms with van der Waals surface area (Å²) >= 11 is 0. The van der Waals surface area contributed by atoms with Crippen molar-refractivity contribution in [2.24, 2.45) is 0 Å². The standard InChI is InChI=1S/C17H18O3/c18-17(19)15-10-6-11-16(13-15)20-12-5-4-9-14-7-2-1-3-8-14/h1-3,6-8,10-11,13H,4-5,9,12H2,(H,18,19). The first-order valence-corrected chi connectivity index (χ1v) is 6.76. The fourth-order valence-corrected chi connectivity index (χ4v) is 1.98. The van der Waals surface area contributed by atoms with Gasteiger partial charge in [-0.05, 0) is 43.0 Å². The Morgan fingerprint density at radius 1 is 1.00 bits per heavy atom. The van der Waals surface area contributed by atoms with Gasteiger partial charge in [0.25, 0.3) is 0 Å². The highest BCUT2D eigenvalue weighted by molar-refractivity contribution is 5.87. The van der Waals surface area contributed by atoms with Gasteiger partial charge in [-0.1, -0.05) is 36.4 Å². The van der Waals surface area contributed by atoms with Crippen LogP contribution < -0.4 is 4.74 Å². The second-order valence-electron chi connectivity index (χ2n) is 4.62. The van der Waals surface area contributed by atoms with E-state index in [-0.39, 0.29) is 5.56 Å². The zero-order valence-corrected chi connectivity index (χ0v) is 11.3. The number of hydrogen-bond acceptors (Lipinski definition) is 2. The maximum Gasteiger partial charge on any atom is 0.335 e. The summed E-state index contributed by atoms with van der Waals surface area (Å²) in [6.07, 6.45) is 3.05. The molecule has 2 aromatic rings. The normalized spacial score (nSPS) is 10.2. The third kappa shape index (κ3) is 4.43. The molecule has 0 heterocycles. The smallest absolute Gasteiger partial charge is 0.335 e. The van der Waals surface area contributed by atoms with Crippen LogP contribution in [-0.2, 0) is 6.42 Å². The van der Waals surface area contributed by atoms with Crippen molar-refractivity contribution >= 4 is 5.97 Å². The lowest BCUT2D eigenvalue weighted by atomic mass is 10.1. The quantitative estimate of drug-likeness (QED) is 0.779. The number of ether oxygens (including phenoxy) is 1.